The number of hydrogen-bond donors (Lipinski definition) is 1. The van der Waals surface area contributed by atoms with Crippen molar-refractivity contribution in [1.82, 2.24) is 10.2 Å². The van der Waals surface area contributed by atoms with Gasteiger partial charge in [-0.05, 0) is 76.0 Å². The molecule has 0 fully saturated rings. The molecule has 0 heterocycles. The van der Waals surface area contributed by atoms with Gasteiger partial charge in [0, 0.05) is 23.1 Å². The molecule has 4 rings (SSSR count). The van der Waals surface area contributed by atoms with E-state index >= 15 is 0 Å². The molecule has 0 saturated carbocycles. The second-order valence-corrected chi connectivity index (χ2v) is 13.8. The molecule has 2 amide bonds. The maximum atomic E-state index is 14.4. The van der Waals surface area contributed by atoms with Crippen LogP contribution in [-0.2, 0) is 32.6 Å². The van der Waals surface area contributed by atoms with Gasteiger partial charge in [-0.1, -0.05) is 92.7 Å². The van der Waals surface area contributed by atoms with Gasteiger partial charge < -0.3 is 10.2 Å². The molecule has 0 unspecified atom stereocenters. The molecule has 0 spiro atoms. The van der Waals surface area contributed by atoms with Gasteiger partial charge in [0.1, 0.15) is 12.6 Å². The first-order chi connectivity index (χ1) is 20.6. The molecule has 7 nitrogen and oxygen atoms in total. The number of carbonyl (C=O) groups excluding carboxylic acids is 2. The summed E-state index contributed by atoms with van der Waals surface area (Å²) in [6.07, 6.45) is 0.276. The quantitative estimate of drug-likeness (QED) is 0.175. The van der Waals surface area contributed by atoms with Gasteiger partial charge in [-0.2, -0.15) is 0 Å². The Kier molecular flexibility index (Phi) is 11.4. The van der Waals surface area contributed by atoms with Gasteiger partial charge in [0.05, 0.1) is 10.6 Å². The lowest BCUT2D eigenvalue weighted by atomic mass is 10.0. The van der Waals surface area contributed by atoms with Gasteiger partial charge in [-0.25, -0.2) is 8.42 Å². The van der Waals surface area contributed by atoms with Crippen molar-refractivity contribution in [1.29, 1.82) is 0 Å². The topological polar surface area (TPSA) is 86.8 Å². The molecule has 0 bridgehead atoms. The number of nitrogens with one attached hydrogen (secondary N) is 1. The van der Waals surface area contributed by atoms with Crippen LogP contribution >= 0.6 is 22.6 Å². The van der Waals surface area contributed by atoms with Crippen LogP contribution in [0.3, 0.4) is 0 Å². The maximum Gasteiger partial charge on any atom is 0.264 e. The van der Waals surface area contributed by atoms with E-state index in [4.69, 9.17) is 0 Å². The number of hydrogen-bond acceptors (Lipinski definition) is 4. The predicted octanol–water partition coefficient (Wildman–Crippen LogP) is 5.90. The van der Waals surface area contributed by atoms with E-state index in [0.29, 0.717) is 12.2 Å². The van der Waals surface area contributed by atoms with Crippen molar-refractivity contribution in [2.24, 2.45) is 5.92 Å². The second-order valence-electron chi connectivity index (χ2n) is 10.7. The van der Waals surface area contributed by atoms with Crippen LogP contribution in [-0.4, -0.2) is 44.3 Å². The van der Waals surface area contributed by atoms with Gasteiger partial charge in [0.2, 0.25) is 11.8 Å². The zero-order valence-electron chi connectivity index (χ0n) is 24.3. The predicted molar refractivity (Wildman–Crippen MR) is 179 cm³/mol. The summed E-state index contributed by atoms with van der Waals surface area (Å²) in [6, 6.07) is 33.1. The molecule has 0 saturated heterocycles. The third kappa shape index (κ3) is 8.90. The Hall–Kier alpha value is -3.70. The summed E-state index contributed by atoms with van der Waals surface area (Å²) < 4.78 is 30.0. The van der Waals surface area contributed by atoms with Crippen molar-refractivity contribution < 1.29 is 18.0 Å². The molecule has 0 aliphatic heterocycles. The minimum Gasteiger partial charge on any atom is -0.354 e. The lowest BCUT2D eigenvalue weighted by Gasteiger charge is -2.34. The number of benzene rings is 4. The van der Waals surface area contributed by atoms with Gasteiger partial charge in [-0.3, -0.25) is 13.9 Å². The number of halogens is 1. The van der Waals surface area contributed by atoms with Crippen molar-refractivity contribution >= 4 is 50.1 Å². The lowest BCUT2D eigenvalue weighted by molar-refractivity contribution is -0.140. The highest BCUT2D eigenvalue weighted by molar-refractivity contribution is 14.1. The molecule has 4 aromatic carbocycles. The summed E-state index contributed by atoms with van der Waals surface area (Å²) in [5, 5.41) is 3.01. The molecule has 0 aromatic heterocycles. The minimum atomic E-state index is -4.11. The van der Waals surface area contributed by atoms with Crippen LogP contribution in [0.4, 0.5) is 5.69 Å². The normalized spacial score (nSPS) is 12.0. The largest absolute Gasteiger partial charge is 0.354 e. The third-order valence-corrected chi connectivity index (χ3v) is 9.38. The first-order valence-corrected chi connectivity index (χ1v) is 16.7. The van der Waals surface area contributed by atoms with Gasteiger partial charge >= 0.3 is 0 Å². The van der Waals surface area contributed by atoms with E-state index in [1.165, 1.54) is 17.0 Å². The van der Waals surface area contributed by atoms with Crippen LogP contribution in [0, 0.1) is 9.49 Å². The van der Waals surface area contributed by atoms with Crippen LogP contribution in [0.2, 0.25) is 0 Å². The Morgan fingerprint density at radius 2 is 1.30 bits per heavy atom. The Bertz CT molecular complexity index is 1580. The Morgan fingerprint density at radius 3 is 1.86 bits per heavy atom. The van der Waals surface area contributed by atoms with Crippen LogP contribution in [0.1, 0.15) is 25.0 Å². The number of nitrogens with zero attached hydrogens (tertiary/aromatic N) is 2. The summed E-state index contributed by atoms with van der Waals surface area (Å²) >= 11 is 2.15. The summed E-state index contributed by atoms with van der Waals surface area (Å²) in [7, 11) is -4.11. The Labute approximate surface area is 268 Å². The number of amides is 2. The number of anilines is 1. The van der Waals surface area contributed by atoms with Crippen molar-refractivity contribution in [2.45, 2.75) is 37.8 Å². The van der Waals surface area contributed by atoms with Crippen LogP contribution in [0.15, 0.2) is 120 Å². The number of rotatable bonds is 13. The Balaban J connectivity index is 1.77. The standard InChI is InChI=1S/C34H36IN3O4S/c1-26(2)23-36-34(40)32(22-27-12-6-3-7-13-27)37(24-28-14-8-4-9-15-28)33(39)25-38(30-20-18-29(35)19-21-30)43(41,42)31-16-10-5-11-17-31/h3-21,26,32H,22-25H2,1-2H3,(H,36,40)/t32-/m1/s1. The van der Waals surface area contributed by atoms with E-state index in [-0.39, 0.29) is 29.7 Å². The van der Waals surface area contributed by atoms with E-state index in [1.807, 2.05) is 74.5 Å². The van der Waals surface area contributed by atoms with E-state index in [1.54, 1.807) is 42.5 Å². The average molecular weight is 710 g/mol. The summed E-state index contributed by atoms with van der Waals surface area (Å²) in [6.45, 7) is 4.12. The first-order valence-electron chi connectivity index (χ1n) is 14.1. The molecule has 0 aliphatic rings. The highest BCUT2D eigenvalue weighted by Gasteiger charge is 2.34. The molecular weight excluding hydrogens is 673 g/mol. The van der Waals surface area contributed by atoms with Crippen molar-refractivity contribution in [2.75, 3.05) is 17.4 Å². The molecule has 9 heteroatoms. The molecule has 0 radical (unpaired) electrons. The van der Waals surface area contributed by atoms with E-state index < -0.39 is 28.5 Å². The van der Waals surface area contributed by atoms with E-state index in [9.17, 15) is 18.0 Å². The molecule has 4 aromatic rings. The summed E-state index contributed by atoms with van der Waals surface area (Å²) in [5.41, 5.74) is 2.09. The van der Waals surface area contributed by atoms with Crippen LogP contribution in [0.25, 0.3) is 0 Å². The molecule has 43 heavy (non-hydrogen) atoms. The second kappa shape index (κ2) is 15.2. The fraction of sp³-hybridized carbons (Fsp3) is 0.235. The fourth-order valence-electron chi connectivity index (χ4n) is 4.61. The van der Waals surface area contributed by atoms with Crippen LogP contribution in [0.5, 0.6) is 0 Å². The van der Waals surface area contributed by atoms with Gasteiger partial charge in [0.15, 0.2) is 0 Å². The SMILES string of the molecule is CC(C)CNC(=O)[C@@H](Cc1ccccc1)N(Cc1ccccc1)C(=O)CN(c1ccc(I)cc1)S(=O)(=O)c1ccccc1. The smallest absolute Gasteiger partial charge is 0.264 e. The van der Waals surface area contributed by atoms with Gasteiger partial charge in [-0.15, -0.1) is 0 Å². The molecule has 224 valence electrons. The third-order valence-electron chi connectivity index (χ3n) is 6.88. The molecule has 1 N–H and O–H groups in total. The molecular formula is C34H36IN3O4S. The van der Waals surface area contributed by atoms with Crippen molar-refractivity contribution in [3.63, 3.8) is 0 Å². The van der Waals surface area contributed by atoms with Gasteiger partial charge in [0.25, 0.3) is 10.0 Å². The monoisotopic (exact) mass is 709 g/mol. The minimum absolute atomic E-state index is 0.0754. The number of carbonyl (C=O) groups is 2. The number of sulfonamides is 1. The lowest BCUT2D eigenvalue weighted by Crippen LogP contribution is -2.53. The maximum absolute atomic E-state index is 14.4. The molecule has 1 atom stereocenters. The highest BCUT2D eigenvalue weighted by Crippen LogP contribution is 2.26. The van der Waals surface area contributed by atoms with Crippen molar-refractivity contribution in [3.05, 3.63) is 130 Å². The highest BCUT2D eigenvalue weighted by atomic mass is 127. The Morgan fingerprint density at radius 1 is 0.767 bits per heavy atom. The first kappa shape index (κ1) is 32.2. The fourth-order valence-corrected chi connectivity index (χ4v) is 6.41. The van der Waals surface area contributed by atoms with E-state index in [2.05, 4.69) is 27.9 Å². The zero-order valence-corrected chi connectivity index (χ0v) is 27.2. The summed E-state index contributed by atoms with van der Waals surface area (Å²) in [5.74, 6) is -0.553. The van der Waals surface area contributed by atoms with Crippen molar-refractivity contribution in [3.8, 4) is 0 Å². The van der Waals surface area contributed by atoms with E-state index in [0.717, 1.165) is 19.0 Å². The average Bonchev–Trinajstić information content (AvgIpc) is 3.02. The zero-order chi connectivity index (χ0) is 30.8. The molecule has 0 aliphatic carbocycles. The summed E-state index contributed by atoms with van der Waals surface area (Å²) in [4.78, 5) is 29.7. The van der Waals surface area contributed by atoms with Crippen LogP contribution < -0.4 is 9.62 Å².